The predicted octanol–water partition coefficient (Wildman–Crippen LogP) is 1.14. The van der Waals surface area contributed by atoms with Gasteiger partial charge in [-0.3, -0.25) is 10.1 Å². The number of rotatable bonds is 2. The number of fused-ring (bicyclic) bond motifs is 1. The van der Waals surface area contributed by atoms with Gasteiger partial charge < -0.3 is 19.7 Å². The number of ether oxygens (including phenoxy) is 2. The van der Waals surface area contributed by atoms with Crippen molar-refractivity contribution in [3.8, 4) is 0 Å². The van der Waals surface area contributed by atoms with Gasteiger partial charge in [-0.15, -0.1) is 0 Å². The Kier molecular flexibility index (Phi) is 4.25. The molecular formula is C18H29N3O5. The molecule has 8 heteroatoms. The first-order chi connectivity index (χ1) is 11.9. The standard InChI is InChI=1S/C18H29N3O5/c1-16(2,3)26-15(24)19-12-13(22)21-11(14(23)25-6)10-7-8-18(21,9-10)20-17(12,4)5/h10-12,20H,7-9H2,1-6H3,(H,19,24)/t10-,11-,12+,18+/m0/s1. The number of amides is 2. The molecule has 2 aliphatic heterocycles. The Labute approximate surface area is 153 Å². The molecule has 0 unspecified atom stereocenters. The number of piperidine rings is 1. The minimum absolute atomic E-state index is 0.0787. The summed E-state index contributed by atoms with van der Waals surface area (Å²) in [7, 11) is 1.34. The second-order valence-electron chi connectivity index (χ2n) is 9.14. The van der Waals surface area contributed by atoms with Crippen molar-refractivity contribution in [2.45, 2.75) is 82.8 Å². The number of nitrogens with zero attached hydrogens (tertiary/aromatic N) is 1. The summed E-state index contributed by atoms with van der Waals surface area (Å²) in [5, 5.41) is 6.24. The van der Waals surface area contributed by atoms with E-state index in [0.29, 0.717) is 0 Å². The molecule has 1 saturated carbocycles. The second kappa shape index (κ2) is 5.84. The first-order valence-corrected chi connectivity index (χ1v) is 9.10. The van der Waals surface area contributed by atoms with E-state index in [9.17, 15) is 14.4 Å². The van der Waals surface area contributed by atoms with Crippen LogP contribution in [0.2, 0.25) is 0 Å². The third-order valence-electron chi connectivity index (χ3n) is 5.58. The summed E-state index contributed by atoms with van der Waals surface area (Å²) >= 11 is 0. The topological polar surface area (TPSA) is 97.0 Å². The van der Waals surface area contributed by atoms with Crippen molar-refractivity contribution < 1.29 is 23.9 Å². The average Bonchev–Trinajstić information content (AvgIpc) is 3.02. The third kappa shape index (κ3) is 2.94. The van der Waals surface area contributed by atoms with Gasteiger partial charge in [0, 0.05) is 5.54 Å². The summed E-state index contributed by atoms with van der Waals surface area (Å²) in [6.07, 6.45) is 1.73. The highest BCUT2D eigenvalue weighted by Gasteiger charge is 2.66. The minimum atomic E-state index is -0.838. The molecule has 2 saturated heterocycles. The van der Waals surface area contributed by atoms with Crippen molar-refractivity contribution in [3.63, 3.8) is 0 Å². The number of hydrogen-bond donors (Lipinski definition) is 2. The molecule has 0 aromatic heterocycles. The van der Waals surface area contributed by atoms with Gasteiger partial charge >= 0.3 is 12.1 Å². The van der Waals surface area contributed by atoms with Crippen LogP contribution in [0.4, 0.5) is 4.79 Å². The highest BCUT2D eigenvalue weighted by atomic mass is 16.6. The van der Waals surface area contributed by atoms with Crippen molar-refractivity contribution in [1.29, 1.82) is 0 Å². The number of methoxy groups -OCH3 is 1. The first-order valence-electron chi connectivity index (χ1n) is 9.10. The van der Waals surface area contributed by atoms with E-state index in [1.54, 1.807) is 25.7 Å². The van der Waals surface area contributed by atoms with Gasteiger partial charge in [0.1, 0.15) is 17.7 Å². The summed E-state index contributed by atoms with van der Waals surface area (Å²) in [6, 6.07) is -1.44. The van der Waals surface area contributed by atoms with E-state index in [1.165, 1.54) is 7.11 Å². The van der Waals surface area contributed by atoms with E-state index >= 15 is 0 Å². The van der Waals surface area contributed by atoms with Crippen LogP contribution < -0.4 is 10.6 Å². The zero-order valence-electron chi connectivity index (χ0n) is 16.3. The molecule has 2 amide bonds. The summed E-state index contributed by atoms with van der Waals surface area (Å²) in [5.74, 6) is -0.588. The summed E-state index contributed by atoms with van der Waals surface area (Å²) < 4.78 is 10.3. The van der Waals surface area contributed by atoms with E-state index in [0.717, 1.165) is 19.3 Å². The van der Waals surface area contributed by atoms with E-state index in [1.807, 2.05) is 13.8 Å². The van der Waals surface area contributed by atoms with Crippen LogP contribution >= 0.6 is 0 Å². The number of carbonyl (C=O) groups excluding carboxylic acids is 3. The van der Waals surface area contributed by atoms with Gasteiger partial charge in [-0.05, 0) is 59.8 Å². The molecule has 2 heterocycles. The Bertz CT molecular complexity index is 641. The molecule has 2 N–H and O–H groups in total. The lowest BCUT2D eigenvalue weighted by Gasteiger charge is -2.54. The zero-order valence-corrected chi connectivity index (χ0v) is 16.3. The Hall–Kier alpha value is -1.83. The van der Waals surface area contributed by atoms with Crippen molar-refractivity contribution >= 4 is 18.0 Å². The summed E-state index contributed by atoms with van der Waals surface area (Å²) in [6.45, 7) is 9.07. The van der Waals surface area contributed by atoms with Gasteiger partial charge in [0.25, 0.3) is 0 Å². The third-order valence-corrected chi connectivity index (χ3v) is 5.58. The first kappa shape index (κ1) is 18.9. The highest BCUT2D eigenvalue weighted by Crippen LogP contribution is 2.52. The number of hydrogen-bond acceptors (Lipinski definition) is 6. The van der Waals surface area contributed by atoms with Crippen molar-refractivity contribution in [3.05, 3.63) is 0 Å². The van der Waals surface area contributed by atoms with Crippen LogP contribution in [0.25, 0.3) is 0 Å². The number of nitrogens with one attached hydrogen (secondary N) is 2. The van der Waals surface area contributed by atoms with Crippen molar-refractivity contribution in [2.24, 2.45) is 5.92 Å². The molecule has 2 bridgehead atoms. The maximum Gasteiger partial charge on any atom is 0.408 e. The second-order valence-corrected chi connectivity index (χ2v) is 9.14. The summed E-state index contributed by atoms with van der Waals surface area (Å²) in [5.41, 5.74) is -1.89. The molecule has 1 spiro atoms. The van der Waals surface area contributed by atoms with E-state index in [4.69, 9.17) is 9.47 Å². The molecule has 3 rings (SSSR count). The Morgan fingerprint density at radius 1 is 1.31 bits per heavy atom. The number of carbonyl (C=O) groups is 3. The lowest BCUT2D eigenvalue weighted by molar-refractivity contribution is -0.167. The fourth-order valence-electron chi connectivity index (χ4n) is 4.75. The van der Waals surface area contributed by atoms with Crippen molar-refractivity contribution in [1.82, 2.24) is 15.5 Å². The lowest BCUT2D eigenvalue weighted by atomic mass is 9.85. The van der Waals surface area contributed by atoms with E-state index < -0.39 is 40.9 Å². The fourth-order valence-corrected chi connectivity index (χ4v) is 4.75. The van der Waals surface area contributed by atoms with Gasteiger partial charge in [-0.2, -0.15) is 0 Å². The van der Waals surface area contributed by atoms with Crippen molar-refractivity contribution in [2.75, 3.05) is 7.11 Å². The van der Waals surface area contributed by atoms with E-state index in [-0.39, 0.29) is 11.8 Å². The SMILES string of the molecule is COC(=O)[C@@H]1[C@H]2CC[C@@]3(C2)NC(C)(C)[C@H](NC(=O)OC(C)(C)C)C(=O)N13. The average molecular weight is 367 g/mol. The quantitative estimate of drug-likeness (QED) is 0.711. The van der Waals surface area contributed by atoms with Crippen LogP contribution in [0, 0.1) is 5.92 Å². The molecular weight excluding hydrogens is 338 g/mol. The van der Waals surface area contributed by atoms with Crippen LogP contribution in [0.1, 0.15) is 53.9 Å². The molecule has 0 aromatic carbocycles. The Balaban J connectivity index is 1.88. The van der Waals surface area contributed by atoms with Crippen LogP contribution in [0.3, 0.4) is 0 Å². The molecule has 146 valence electrons. The molecule has 3 aliphatic rings. The summed E-state index contributed by atoms with van der Waals surface area (Å²) in [4.78, 5) is 39.5. The normalized spacial score (nSPS) is 35.1. The highest BCUT2D eigenvalue weighted by molar-refractivity contribution is 5.93. The monoisotopic (exact) mass is 367 g/mol. The van der Waals surface area contributed by atoms with Gasteiger partial charge in [-0.1, -0.05) is 0 Å². The number of alkyl carbamates (subject to hydrolysis) is 1. The molecule has 26 heavy (non-hydrogen) atoms. The van der Waals surface area contributed by atoms with Gasteiger partial charge in [-0.25, -0.2) is 9.59 Å². The van der Waals surface area contributed by atoms with Crippen LogP contribution in [0.15, 0.2) is 0 Å². The van der Waals surface area contributed by atoms with Crippen LogP contribution in [-0.2, 0) is 19.1 Å². The molecule has 4 atom stereocenters. The number of esters is 1. The van der Waals surface area contributed by atoms with Crippen LogP contribution in [0.5, 0.6) is 0 Å². The lowest BCUT2D eigenvalue weighted by Crippen LogP contribution is -2.79. The van der Waals surface area contributed by atoms with Gasteiger partial charge in [0.2, 0.25) is 5.91 Å². The molecule has 3 fully saturated rings. The molecule has 0 aromatic rings. The fraction of sp³-hybridized carbons (Fsp3) is 0.833. The smallest absolute Gasteiger partial charge is 0.408 e. The Morgan fingerprint density at radius 2 is 1.96 bits per heavy atom. The predicted molar refractivity (Wildman–Crippen MR) is 93.1 cm³/mol. The van der Waals surface area contributed by atoms with Gasteiger partial charge in [0.05, 0.1) is 12.8 Å². The molecule has 0 radical (unpaired) electrons. The molecule has 8 nitrogen and oxygen atoms in total. The zero-order chi connectivity index (χ0) is 19.5. The Morgan fingerprint density at radius 3 is 2.54 bits per heavy atom. The maximum atomic E-state index is 13.3. The molecule has 1 aliphatic carbocycles. The largest absolute Gasteiger partial charge is 0.467 e. The van der Waals surface area contributed by atoms with Gasteiger partial charge in [0.15, 0.2) is 0 Å². The minimum Gasteiger partial charge on any atom is -0.467 e. The maximum absolute atomic E-state index is 13.3. The van der Waals surface area contributed by atoms with Crippen LogP contribution in [-0.4, -0.2) is 58.9 Å². The van der Waals surface area contributed by atoms with E-state index in [2.05, 4.69) is 10.6 Å².